The van der Waals surface area contributed by atoms with Gasteiger partial charge in [0.1, 0.15) is 18.6 Å². The Hall–Kier alpha value is -1.67. The Bertz CT molecular complexity index is 586. The van der Waals surface area contributed by atoms with E-state index in [9.17, 15) is 4.79 Å². The summed E-state index contributed by atoms with van der Waals surface area (Å²) >= 11 is 0. The molecule has 0 atom stereocenters. The normalized spacial score (nSPS) is 11.1. The molecule has 208 valence electrons. The lowest BCUT2D eigenvalue weighted by atomic mass is 10.2. The third kappa shape index (κ3) is 21.6. The summed E-state index contributed by atoms with van der Waals surface area (Å²) < 4.78 is 48.4. The van der Waals surface area contributed by atoms with Crippen molar-refractivity contribution < 1.29 is 52.5 Å². The number of carbonyl (C=O) groups is 1. The molecule has 0 spiro atoms. The van der Waals surface area contributed by atoms with Gasteiger partial charge in [-0.15, -0.1) is 0 Å². The number of carbonyl (C=O) groups excluding carboxylic acids is 1. The van der Waals surface area contributed by atoms with Gasteiger partial charge in [-0.3, -0.25) is 4.79 Å². The molecule has 1 rings (SSSR count). The first-order chi connectivity index (χ1) is 17.9. The number of rotatable bonds is 28. The molecular weight excluding hydrogens is 476 g/mol. The fourth-order valence-corrected chi connectivity index (χ4v) is 2.57. The van der Waals surface area contributed by atoms with Crippen molar-refractivity contribution in [3.63, 3.8) is 0 Å². The zero-order chi connectivity index (χ0) is 25.8. The predicted octanol–water partition coefficient (Wildman–Crippen LogP) is 1.00. The molecule has 1 aromatic carbocycles. The van der Waals surface area contributed by atoms with E-state index < -0.39 is 0 Å². The quantitative estimate of drug-likeness (QED) is 0.126. The van der Waals surface area contributed by atoms with Crippen molar-refractivity contribution in [3.05, 3.63) is 29.8 Å². The molecule has 0 aliphatic rings. The predicted molar refractivity (Wildman–Crippen MR) is 131 cm³/mol. The molecule has 0 fully saturated rings. The molecule has 0 unspecified atom stereocenters. The molecule has 0 saturated heterocycles. The van der Waals surface area contributed by atoms with Crippen molar-refractivity contribution in [3.8, 4) is 5.75 Å². The Balaban J connectivity index is 1.67. The molecule has 0 bridgehead atoms. The maximum absolute atomic E-state index is 10.6. The van der Waals surface area contributed by atoms with Crippen LogP contribution >= 0.6 is 0 Å². The molecular formula is C25H42O11. The summed E-state index contributed by atoms with van der Waals surface area (Å²) in [7, 11) is 0. The minimum atomic E-state index is 0.0246. The average molecular weight is 519 g/mol. The molecule has 0 aromatic heterocycles. The Labute approximate surface area is 213 Å². The average Bonchev–Trinajstić information content (AvgIpc) is 2.91. The SMILES string of the molecule is O=Cc1ccc(OCCOCCOCCOCCOCCOCCOCCOCCOCCO)cc1. The highest BCUT2D eigenvalue weighted by atomic mass is 16.6. The van der Waals surface area contributed by atoms with Crippen molar-refractivity contribution >= 4 is 6.29 Å². The number of benzene rings is 1. The minimum Gasteiger partial charge on any atom is -0.491 e. The van der Waals surface area contributed by atoms with Gasteiger partial charge >= 0.3 is 0 Å². The zero-order valence-corrected chi connectivity index (χ0v) is 21.1. The second-order valence-corrected chi connectivity index (χ2v) is 7.16. The Kier molecular flexibility index (Phi) is 23.7. The van der Waals surface area contributed by atoms with Crippen LogP contribution in [0, 0.1) is 0 Å². The first-order valence-electron chi connectivity index (χ1n) is 12.3. The van der Waals surface area contributed by atoms with E-state index in [2.05, 4.69) is 0 Å². The van der Waals surface area contributed by atoms with Crippen LogP contribution in [0.1, 0.15) is 10.4 Å². The summed E-state index contributed by atoms with van der Waals surface area (Å²) in [6, 6.07) is 6.93. The van der Waals surface area contributed by atoms with Crippen molar-refractivity contribution in [2.24, 2.45) is 0 Å². The number of ether oxygens (including phenoxy) is 9. The number of hydrogen-bond donors (Lipinski definition) is 1. The molecule has 1 N–H and O–H groups in total. The van der Waals surface area contributed by atoms with Crippen LogP contribution in [0.15, 0.2) is 24.3 Å². The standard InChI is InChI=1S/C25H42O11/c26-5-6-28-7-8-29-9-10-30-11-12-31-13-14-32-15-16-33-17-18-34-19-20-35-21-22-36-25-3-1-24(23-27)2-4-25/h1-4,23,26H,5-22H2. The second-order valence-electron chi connectivity index (χ2n) is 7.16. The van der Waals surface area contributed by atoms with Crippen LogP contribution in [0.3, 0.4) is 0 Å². The maximum Gasteiger partial charge on any atom is 0.150 e. The highest BCUT2D eigenvalue weighted by Crippen LogP contribution is 2.10. The third-order valence-electron chi connectivity index (χ3n) is 4.35. The van der Waals surface area contributed by atoms with Crippen LogP contribution in [0.2, 0.25) is 0 Å². The zero-order valence-electron chi connectivity index (χ0n) is 21.1. The Morgan fingerprint density at radius 2 is 0.778 bits per heavy atom. The van der Waals surface area contributed by atoms with E-state index in [-0.39, 0.29) is 6.61 Å². The largest absolute Gasteiger partial charge is 0.491 e. The third-order valence-corrected chi connectivity index (χ3v) is 4.35. The summed E-state index contributed by atoms with van der Waals surface area (Å²) in [4.78, 5) is 10.6. The topological polar surface area (TPSA) is 120 Å². The molecule has 0 aliphatic carbocycles. The number of aliphatic hydroxyl groups excluding tert-OH is 1. The van der Waals surface area contributed by atoms with E-state index in [0.717, 1.165) is 6.29 Å². The van der Waals surface area contributed by atoms with Gasteiger partial charge in [0, 0.05) is 5.56 Å². The minimum absolute atomic E-state index is 0.0246. The lowest BCUT2D eigenvalue weighted by molar-refractivity contribution is -0.0242. The molecule has 11 heteroatoms. The van der Waals surface area contributed by atoms with Crippen LogP contribution in [0.25, 0.3) is 0 Å². The molecule has 0 saturated carbocycles. The molecule has 11 nitrogen and oxygen atoms in total. The lowest BCUT2D eigenvalue weighted by Crippen LogP contribution is -2.15. The van der Waals surface area contributed by atoms with Gasteiger partial charge in [0.2, 0.25) is 0 Å². The number of aldehydes is 1. The fraction of sp³-hybridized carbons (Fsp3) is 0.720. The lowest BCUT2D eigenvalue weighted by Gasteiger charge is -2.09. The van der Waals surface area contributed by atoms with Crippen LogP contribution < -0.4 is 4.74 Å². The van der Waals surface area contributed by atoms with Gasteiger partial charge in [0.25, 0.3) is 0 Å². The monoisotopic (exact) mass is 518 g/mol. The summed E-state index contributed by atoms with van der Waals surface area (Å²) in [5.41, 5.74) is 0.618. The van der Waals surface area contributed by atoms with Crippen LogP contribution in [-0.4, -0.2) is 130 Å². The second kappa shape index (κ2) is 26.4. The summed E-state index contributed by atoms with van der Waals surface area (Å²) in [5.74, 6) is 0.704. The van der Waals surface area contributed by atoms with Gasteiger partial charge in [-0.05, 0) is 24.3 Å². The first-order valence-corrected chi connectivity index (χ1v) is 12.3. The molecule has 1 aromatic rings. The first kappa shape index (κ1) is 32.4. The van der Waals surface area contributed by atoms with Crippen LogP contribution in [0.5, 0.6) is 5.75 Å². The van der Waals surface area contributed by atoms with E-state index in [1.807, 2.05) is 0 Å². The van der Waals surface area contributed by atoms with Crippen molar-refractivity contribution in [1.29, 1.82) is 0 Å². The Morgan fingerprint density at radius 1 is 0.472 bits per heavy atom. The molecule has 0 heterocycles. The van der Waals surface area contributed by atoms with E-state index in [1.54, 1.807) is 24.3 Å². The van der Waals surface area contributed by atoms with Gasteiger partial charge in [0.15, 0.2) is 0 Å². The van der Waals surface area contributed by atoms with Crippen LogP contribution in [-0.2, 0) is 37.9 Å². The molecule has 0 radical (unpaired) electrons. The van der Waals surface area contributed by atoms with Gasteiger partial charge in [-0.1, -0.05) is 0 Å². The maximum atomic E-state index is 10.6. The molecule has 0 amide bonds. The summed E-state index contributed by atoms with van der Waals surface area (Å²) in [6.45, 7) is 8.19. The van der Waals surface area contributed by atoms with E-state index >= 15 is 0 Å². The van der Waals surface area contributed by atoms with E-state index in [0.29, 0.717) is 124 Å². The van der Waals surface area contributed by atoms with Gasteiger partial charge < -0.3 is 47.7 Å². The summed E-state index contributed by atoms with van der Waals surface area (Å²) in [6.07, 6.45) is 0.796. The van der Waals surface area contributed by atoms with E-state index in [4.69, 9.17) is 47.7 Å². The smallest absolute Gasteiger partial charge is 0.150 e. The van der Waals surface area contributed by atoms with Gasteiger partial charge in [-0.25, -0.2) is 0 Å². The highest BCUT2D eigenvalue weighted by molar-refractivity contribution is 5.74. The number of hydrogen-bond acceptors (Lipinski definition) is 11. The summed E-state index contributed by atoms with van der Waals surface area (Å²) in [5, 5.41) is 8.55. The number of aliphatic hydroxyl groups is 1. The van der Waals surface area contributed by atoms with E-state index in [1.165, 1.54) is 0 Å². The molecule has 0 aliphatic heterocycles. The van der Waals surface area contributed by atoms with Crippen molar-refractivity contribution in [2.45, 2.75) is 0 Å². The van der Waals surface area contributed by atoms with Crippen molar-refractivity contribution in [1.82, 2.24) is 0 Å². The fourth-order valence-electron chi connectivity index (χ4n) is 2.57. The Morgan fingerprint density at radius 3 is 1.08 bits per heavy atom. The van der Waals surface area contributed by atoms with Gasteiger partial charge in [0.05, 0.1) is 112 Å². The molecule has 36 heavy (non-hydrogen) atoms. The highest BCUT2D eigenvalue weighted by Gasteiger charge is 1.97. The van der Waals surface area contributed by atoms with Gasteiger partial charge in [-0.2, -0.15) is 0 Å². The van der Waals surface area contributed by atoms with Crippen molar-refractivity contribution in [2.75, 3.05) is 119 Å². The van der Waals surface area contributed by atoms with Crippen LogP contribution in [0.4, 0.5) is 0 Å².